The van der Waals surface area contributed by atoms with Gasteiger partial charge in [0.15, 0.2) is 0 Å². The molecule has 101 valence electrons. The smallest absolute Gasteiger partial charge is 0.0178 e. The zero-order valence-electron chi connectivity index (χ0n) is 11.7. The van der Waals surface area contributed by atoms with E-state index in [1.807, 2.05) is 12.1 Å². The molecule has 1 heteroatoms. The Bertz CT molecular complexity index is 536. The van der Waals surface area contributed by atoms with E-state index in [0.29, 0.717) is 5.92 Å². The molecular formula is C19H20N. The molecule has 0 atom stereocenters. The van der Waals surface area contributed by atoms with Crippen molar-refractivity contribution in [3.8, 4) is 0 Å². The third-order valence-electron chi connectivity index (χ3n) is 4.02. The summed E-state index contributed by atoms with van der Waals surface area (Å²) in [5.41, 5.74) is 2.74. The van der Waals surface area contributed by atoms with E-state index in [9.17, 15) is 0 Å². The van der Waals surface area contributed by atoms with Crippen LogP contribution in [0.25, 0.3) is 6.08 Å². The van der Waals surface area contributed by atoms with E-state index in [0.717, 1.165) is 13.1 Å². The van der Waals surface area contributed by atoms with Crippen LogP contribution >= 0.6 is 0 Å². The molecule has 20 heavy (non-hydrogen) atoms. The van der Waals surface area contributed by atoms with E-state index in [4.69, 9.17) is 0 Å². The van der Waals surface area contributed by atoms with Crippen molar-refractivity contribution in [2.45, 2.75) is 18.8 Å². The van der Waals surface area contributed by atoms with Crippen LogP contribution < -0.4 is 0 Å². The van der Waals surface area contributed by atoms with Crippen molar-refractivity contribution in [1.82, 2.24) is 4.90 Å². The van der Waals surface area contributed by atoms with Gasteiger partial charge in [-0.15, -0.1) is 0 Å². The SMILES string of the molecule is [c]1ccc(C2CCN(C=Cc3ccccc3)CC2)cc1. The predicted octanol–water partition coefficient (Wildman–Crippen LogP) is 4.34. The second-order valence-electron chi connectivity index (χ2n) is 5.37. The minimum atomic E-state index is 0.714. The molecule has 0 amide bonds. The van der Waals surface area contributed by atoms with E-state index in [-0.39, 0.29) is 0 Å². The molecule has 0 N–H and O–H groups in total. The monoisotopic (exact) mass is 262 g/mol. The highest BCUT2D eigenvalue weighted by atomic mass is 15.1. The van der Waals surface area contributed by atoms with Gasteiger partial charge in [-0.3, -0.25) is 0 Å². The lowest BCUT2D eigenvalue weighted by Gasteiger charge is -2.31. The van der Waals surface area contributed by atoms with Gasteiger partial charge >= 0.3 is 0 Å². The molecule has 1 radical (unpaired) electrons. The molecule has 1 heterocycles. The average molecular weight is 262 g/mol. The van der Waals surface area contributed by atoms with Gasteiger partial charge in [-0.2, -0.15) is 0 Å². The first kappa shape index (κ1) is 13.0. The Hall–Kier alpha value is -2.02. The number of hydrogen-bond donors (Lipinski definition) is 0. The number of hydrogen-bond acceptors (Lipinski definition) is 1. The summed E-state index contributed by atoms with van der Waals surface area (Å²) in [6.07, 6.45) is 6.93. The van der Waals surface area contributed by atoms with Crippen LogP contribution in [0.4, 0.5) is 0 Å². The minimum Gasteiger partial charge on any atom is -0.377 e. The maximum absolute atomic E-state index is 3.10. The Morgan fingerprint density at radius 3 is 2.35 bits per heavy atom. The number of rotatable bonds is 3. The van der Waals surface area contributed by atoms with Gasteiger partial charge in [0.25, 0.3) is 0 Å². The van der Waals surface area contributed by atoms with E-state index in [1.54, 1.807) is 0 Å². The standard InChI is InChI=1S/C19H20N/c1-3-7-17(8-4-1)11-14-20-15-12-19(13-16-20)18-9-5-2-6-10-18/h1,3-11,14,19H,12-13,15-16H2. The molecule has 3 rings (SSSR count). The topological polar surface area (TPSA) is 3.24 Å². The Morgan fingerprint density at radius 2 is 1.65 bits per heavy atom. The summed E-state index contributed by atoms with van der Waals surface area (Å²) >= 11 is 0. The lowest BCUT2D eigenvalue weighted by atomic mass is 9.90. The quantitative estimate of drug-likeness (QED) is 0.795. The van der Waals surface area contributed by atoms with Crippen molar-refractivity contribution in [1.29, 1.82) is 0 Å². The van der Waals surface area contributed by atoms with Crippen molar-refractivity contribution in [2.24, 2.45) is 0 Å². The fraction of sp³-hybridized carbons (Fsp3) is 0.263. The molecular weight excluding hydrogens is 242 g/mol. The Morgan fingerprint density at radius 1 is 0.950 bits per heavy atom. The molecule has 1 aliphatic heterocycles. The van der Waals surface area contributed by atoms with Crippen LogP contribution in [0.15, 0.2) is 60.8 Å². The van der Waals surface area contributed by atoms with Crippen LogP contribution in [0, 0.1) is 6.07 Å². The van der Waals surface area contributed by atoms with Crippen molar-refractivity contribution < 1.29 is 0 Å². The van der Waals surface area contributed by atoms with Crippen LogP contribution in [0.3, 0.4) is 0 Å². The molecule has 0 bridgehead atoms. The number of benzene rings is 2. The van der Waals surface area contributed by atoms with E-state index < -0.39 is 0 Å². The number of nitrogens with zero attached hydrogens (tertiary/aromatic N) is 1. The summed E-state index contributed by atoms with van der Waals surface area (Å²) < 4.78 is 0. The van der Waals surface area contributed by atoms with Crippen molar-refractivity contribution >= 4 is 6.08 Å². The molecule has 0 saturated carbocycles. The lowest BCUT2D eigenvalue weighted by Crippen LogP contribution is -2.28. The first-order chi connectivity index (χ1) is 9.92. The van der Waals surface area contributed by atoms with Crippen LogP contribution in [0.5, 0.6) is 0 Å². The Balaban J connectivity index is 1.55. The molecule has 1 fully saturated rings. The molecule has 0 unspecified atom stereocenters. The van der Waals surface area contributed by atoms with Gasteiger partial charge in [0.1, 0.15) is 0 Å². The van der Waals surface area contributed by atoms with Crippen LogP contribution in [-0.2, 0) is 0 Å². The van der Waals surface area contributed by atoms with E-state index in [2.05, 4.69) is 65.7 Å². The zero-order valence-corrected chi connectivity index (χ0v) is 11.7. The molecule has 1 saturated heterocycles. The molecule has 0 aliphatic carbocycles. The van der Waals surface area contributed by atoms with Crippen LogP contribution in [0.1, 0.15) is 29.9 Å². The van der Waals surface area contributed by atoms with Crippen molar-refractivity contribution in [3.63, 3.8) is 0 Å². The van der Waals surface area contributed by atoms with Gasteiger partial charge in [-0.05, 0) is 48.2 Å². The fourth-order valence-corrected chi connectivity index (χ4v) is 2.81. The second kappa shape index (κ2) is 6.42. The zero-order chi connectivity index (χ0) is 13.6. The van der Waals surface area contributed by atoms with Crippen molar-refractivity contribution in [2.75, 3.05) is 13.1 Å². The highest BCUT2D eigenvalue weighted by molar-refractivity contribution is 5.48. The molecule has 0 aromatic heterocycles. The molecule has 0 spiro atoms. The lowest BCUT2D eigenvalue weighted by molar-refractivity contribution is 0.285. The van der Waals surface area contributed by atoms with Gasteiger partial charge in [0.2, 0.25) is 0 Å². The predicted molar refractivity (Wildman–Crippen MR) is 84.3 cm³/mol. The fourth-order valence-electron chi connectivity index (χ4n) is 2.81. The summed E-state index contributed by atoms with van der Waals surface area (Å²) in [5, 5.41) is 0. The highest BCUT2D eigenvalue weighted by Crippen LogP contribution is 2.27. The number of likely N-dealkylation sites (tertiary alicyclic amines) is 1. The highest BCUT2D eigenvalue weighted by Gasteiger charge is 2.18. The van der Waals surface area contributed by atoms with Gasteiger partial charge in [-0.25, -0.2) is 0 Å². The third-order valence-corrected chi connectivity index (χ3v) is 4.02. The van der Waals surface area contributed by atoms with E-state index >= 15 is 0 Å². The maximum Gasteiger partial charge on any atom is 0.0178 e. The summed E-state index contributed by atoms with van der Waals surface area (Å²) in [5.74, 6) is 0.714. The van der Waals surface area contributed by atoms with Gasteiger partial charge < -0.3 is 4.90 Å². The van der Waals surface area contributed by atoms with E-state index in [1.165, 1.54) is 24.0 Å². The first-order valence-electron chi connectivity index (χ1n) is 7.35. The van der Waals surface area contributed by atoms with Crippen LogP contribution in [0.2, 0.25) is 0 Å². The largest absolute Gasteiger partial charge is 0.377 e. The molecule has 2 aromatic carbocycles. The Kier molecular flexibility index (Phi) is 4.17. The second-order valence-corrected chi connectivity index (χ2v) is 5.37. The maximum atomic E-state index is 3.10. The minimum absolute atomic E-state index is 0.714. The summed E-state index contributed by atoms with van der Waals surface area (Å²) in [7, 11) is 0. The third kappa shape index (κ3) is 3.30. The normalized spacial score (nSPS) is 16.7. The number of piperidine rings is 1. The average Bonchev–Trinajstić information content (AvgIpc) is 2.55. The first-order valence-corrected chi connectivity index (χ1v) is 7.35. The van der Waals surface area contributed by atoms with Gasteiger partial charge in [-0.1, -0.05) is 54.6 Å². The summed E-state index contributed by atoms with van der Waals surface area (Å²) in [6.45, 7) is 2.29. The summed E-state index contributed by atoms with van der Waals surface area (Å²) in [4.78, 5) is 2.43. The summed E-state index contributed by atoms with van der Waals surface area (Å²) in [6, 6.07) is 22.1. The Labute approximate surface area is 121 Å². The molecule has 2 aromatic rings. The van der Waals surface area contributed by atoms with Crippen molar-refractivity contribution in [3.05, 3.63) is 78.0 Å². The molecule has 1 nitrogen and oxygen atoms in total. The van der Waals surface area contributed by atoms with Gasteiger partial charge in [0.05, 0.1) is 0 Å². The van der Waals surface area contributed by atoms with Crippen LogP contribution in [-0.4, -0.2) is 18.0 Å². The molecule has 1 aliphatic rings. The van der Waals surface area contributed by atoms with Gasteiger partial charge in [0, 0.05) is 13.1 Å².